The van der Waals surface area contributed by atoms with Gasteiger partial charge in [0.15, 0.2) is 0 Å². The third-order valence-electron chi connectivity index (χ3n) is 2.01. The van der Waals surface area contributed by atoms with Crippen molar-refractivity contribution in [1.82, 2.24) is 0 Å². The zero-order valence-electron chi connectivity index (χ0n) is 5.71. The van der Waals surface area contributed by atoms with Crippen molar-refractivity contribution >= 4 is 0 Å². The van der Waals surface area contributed by atoms with Crippen LogP contribution in [0.25, 0.3) is 0 Å². The van der Waals surface area contributed by atoms with Crippen molar-refractivity contribution in [2.75, 3.05) is 0 Å². The Labute approximate surface area is 56.4 Å². The highest BCUT2D eigenvalue weighted by atomic mass is 16.2. The molecule has 0 aromatic rings. The van der Waals surface area contributed by atoms with Crippen LogP contribution in [0.1, 0.15) is 32.1 Å². The van der Waals surface area contributed by atoms with E-state index in [0.29, 0.717) is 5.92 Å². The molecule has 0 spiro atoms. The van der Waals surface area contributed by atoms with Crippen LogP contribution in [0.15, 0.2) is 12.3 Å². The highest BCUT2D eigenvalue weighted by molar-refractivity contribution is 4.83. The van der Waals surface area contributed by atoms with Crippen molar-refractivity contribution in [3.63, 3.8) is 0 Å². The second-order valence-electron chi connectivity index (χ2n) is 2.74. The van der Waals surface area contributed by atoms with Crippen molar-refractivity contribution in [2.45, 2.75) is 32.1 Å². The summed E-state index contributed by atoms with van der Waals surface area (Å²) in [6.07, 6.45) is 9.73. The van der Waals surface area contributed by atoms with Crippen LogP contribution in [-0.2, 0) is 0 Å². The highest BCUT2D eigenvalue weighted by Crippen LogP contribution is 2.23. The van der Waals surface area contributed by atoms with Crippen LogP contribution in [0.3, 0.4) is 0 Å². The first-order valence-corrected chi connectivity index (χ1v) is 3.74. The summed E-state index contributed by atoms with van der Waals surface area (Å²) in [4.78, 5) is 0. The maximum atomic E-state index is 8.44. The molecule has 0 aromatic heterocycles. The van der Waals surface area contributed by atoms with Gasteiger partial charge in [-0.3, -0.25) is 0 Å². The molecule has 1 saturated carbocycles. The molecular weight excluding hydrogens is 112 g/mol. The van der Waals surface area contributed by atoms with Gasteiger partial charge in [0, 0.05) is 0 Å². The molecule has 0 aromatic carbocycles. The molecule has 0 amide bonds. The Morgan fingerprint density at radius 1 is 1.11 bits per heavy atom. The van der Waals surface area contributed by atoms with E-state index in [1.54, 1.807) is 0 Å². The summed E-state index contributed by atoms with van der Waals surface area (Å²) >= 11 is 0. The lowest BCUT2D eigenvalue weighted by atomic mass is 9.89. The van der Waals surface area contributed by atoms with Gasteiger partial charge in [0.25, 0.3) is 0 Å². The third-order valence-corrected chi connectivity index (χ3v) is 2.01. The first-order chi connectivity index (χ1) is 4.43. The fourth-order valence-corrected chi connectivity index (χ4v) is 1.45. The summed E-state index contributed by atoms with van der Waals surface area (Å²) in [5.74, 6) is 0.670. The SMILES string of the molecule is OC=CC1CCCCC1. The van der Waals surface area contributed by atoms with Crippen LogP contribution in [0, 0.1) is 5.92 Å². The Bertz CT molecular complexity index is 90.7. The Balaban J connectivity index is 2.23. The molecule has 0 bridgehead atoms. The summed E-state index contributed by atoms with van der Waals surface area (Å²) in [6.45, 7) is 0. The maximum Gasteiger partial charge on any atom is 0.0754 e. The van der Waals surface area contributed by atoms with E-state index in [4.69, 9.17) is 5.11 Å². The number of allylic oxidation sites excluding steroid dienone is 1. The molecule has 0 aliphatic heterocycles. The minimum absolute atomic E-state index is 0.670. The molecule has 9 heavy (non-hydrogen) atoms. The molecule has 1 N–H and O–H groups in total. The molecule has 0 heterocycles. The van der Waals surface area contributed by atoms with Crippen LogP contribution in [-0.4, -0.2) is 5.11 Å². The third kappa shape index (κ3) is 2.08. The lowest BCUT2D eigenvalue weighted by Crippen LogP contribution is -2.02. The van der Waals surface area contributed by atoms with Crippen LogP contribution in [0.5, 0.6) is 0 Å². The van der Waals surface area contributed by atoms with Gasteiger partial charge in [-0.1, -0.05) is 19.3 Å². The zero-order valence-corrected chi connectivity index (χ0v) is 5.71. The largest absolute Gasteiger partial charge is 0.516 e. The average Bonchev–Trinajstić information content (AvgIpc) is 1.91. The predicted octanol–water partition coefficient (Wildman–Crippen LogP) is 2.64. The van der Waals surface area contributed by atoms with Gasteiger partial charge < -0.3 is 5.11 Å². The maximum absolute atomic E-state index is 8.44. The Morgan fingerprint density at radius 2 is 1.78 bits per heavy atom. The quantitative estimate of drug-likeness (QED) is 0.535. The summed E-state index contributed by atoms with van der Waals surface area (Å²) in [5, 5.41) is 8.44. The average molecular weight is 126 g/mol. The van der Waals surface area contributed by atoms with Gasteiger partial charge in [-0.15, -0.1) is 0 Å². The monoisotopic (exact) mass is 126 g/mol. The van der Waals surface area contributed by atoms with Gasteiger partial charge in [-0.2, -0.15) is 0 Å². The minimum atomic E-state index is 0.670. The van der Waals surface area contributed by atoms with Crippen LogP contribution in [0.4, 0.5) is 0 Å². The fourth-order valence-electron chi connectivity index (χ4n) is 1.45. The molecule has 0 atom stereocenters. The van der Waals surface area contributed by atoms with Crippen molar-refractivity contribution in [1.29, 1.82) is 0 Å². The number of hydrogen-bond acceptors (Lipinski definition) is 1. The molecule has 1 rings (SSSR count). The summed E-state index contributed by atoms with van der Waals surface area (Å²) in [7, 11) is 0. The fraction of sp³-hybridized carbons (Fsp3) is 0.750. The first-order valence-electron chi connectivity index (χ1n) is 3.74. The molecular formula is C8H14O. The summed E-state index contributed by atoms with van der Waals surface area (Å²) in [6, 6.07) is 0. The molecule has 1 heteroatoms. The minimum Gasteiger partial charge on any atom is -0.516 e. The molecule has 0 unspecified atom stereocenters. The highest BCUT2D eigenvalue weighted by Gasteiger charge is 2.08. The standard InChI is InChI=1S/C8H14O/c9-7-6-8-4-2-1-3-5-8/h6-9H,1-5H2. The van der Waals surface area contributed by atoms with Gasteiger partial charge in [0.2, 0.25) is 0 Å². The van der Waals surface area contributed by atoms with Crippen LogP contribution in [0.2, 0.25) is 0 Å². The smallest absolute Gasteiger partial charge is 0.0754 e. The molecule has 1 fully saturated rings. The van der Waals surface area contributed by atoms with Gasteiger partial charge in [-0.05, 0) is 24.8 Å². The van der Waals surface area contributed by atoms with Crippen molar-refractivity contribution in [3.8, 4) is 0 Å². The Morgan fingerprint density at radius 3 is 2.33 bits per heavy atom. The molecule has 52 valence electrons. The molecule has 1 aliphatic carbocycles. The number of hydrogen-bond donors (Lipinski definition) is 1. The molecule has 0 saturated heterocycles. The molecule has 0 radical (unpaired) electrons. The lowest BCUT2D eigenvalue weighted by Gasteiger charge is -2.16. The number of aliphatic hydroxyl groups is 1. The second-order valence-corrected chi connectivity index (χ2v) is 2.74. The number of rotatable bonds is 1. The van der Waals surface area contributed by atoms with Gasteiger partial charge in [0.05, 0.1) is 6.26 Å². The van der Waals surface area contributed by atoms with Crippen molar-refractivity contribution in [2.24, 2.45) is 5.92 Å². The molecule has 1 aliphatic rings. The van der Waals surface area contributed by atoms with Crippen LogP contribution < -0.4 is 0 Å². The Kier molecular flexibility index (Phi) is 2.62. The summed E-state index contributed by atoms with van der Waals surface area (Å²) in [5.41, 5.74) is 0. The van der Waals surface area contributed by atoms with E-state index in [9.17, 15) is 0 Å². The van der Waals surface area contributed by atoms with Gasteiger partial charge >= 0.3 is 0 Å². The normalized spacial score (nSPS) is 23.1. The van der Waals surface area contributed by atoms with E-state index < -0.39 is 0 Å². The van der Waals surface area contributed by atoms with Gasteiger partial charge in [0.1, 0.15) is 0 Å². The van der Waals surface area contributed by atoms with E-state index in [2.05, 4.69) is 0 Å². The first kappa shape index (κ1) is 6.66. The summed E-state index contributed by atoms with van der Waals surface area (Å²) < 4.78 is 0. The van der Waals surface area contributed by atoms with Gasteiger partial charge in [-0.25, -0.2) is 0 Å². The van der Waals surface area contributed by atoms with E-state index in [1.807, 2.05) is 6.08 Å². The zero-order chi connectivity index (χ0) is 6.53. The second kappa shape index (κ2) is 3.54. The topological polar surface area (TPSA) is 20.2 Å². The van der Waals surface area contributed by atoms with Crippen molar-refractivity contribution in [3.05, 3.63) is 12.3 Å². The predicted molar refractivity (Wildman–Crippen MR) is 38.3 cm³/mol. The molecule has 1 nitrogen and oxygen atoms in total. The van der Waals surface area contributed by atoms with E-state index in [-0.39, 0.29) is 0 Å². The number of aliphatic hydroxyl groups excluding tert-OH is 1. The van der Waals surface area contributed by atoms with E-state index in [0.717, 1.165) is 0 Å². The van der Waals surface area contributed by atoms with Crippen LogP contribution >= 0.6 is 0 Å². The Hall–Kier alpha value is -0.460. The van der Waals surface area contributed by atoms with E-state index >= 15 is 0 Å². The lowest BCUT2D eigenvalue weighted by molar-refractivity contribution is 0.402. The van der Waals surface area contributed by atoms with E-state index in [1.165, 1.54) is 38.4 Å². The van der Waals surface area contributed by atoms with Crippen molar-refractivity contribution < 1.29 is 5.11 Å².